The van der Waals surface area contributed by atoms with Gasteiger partial charge in [-0.2, -0.15) is 0 Å². The SMILES string of the molecule is O=C(NCCN1CCCCC1)c1cncc(-c2ccccc2F)c1. The van der Waals surface area contributed by atoms with Crippen molar-refractivity contribution < 1.29 is 9.18 Å². The monoisotopic (exact) mass is 327 g/mol. The van der Waals surface area contributed by atoms with E-state index in [2.05, 4.69) is 15.2 Å². The Kier molecular flexibility index (Phi) is 5.54. The third-order valence-corrected chi connectivity index (χ3v) is 4.35. The summed E-state index contributed by atoms with van der Waals surface area (Å²) in [5.41, 5.74) is 1.51. The predicted molar refractivity (Wildman–Crippen MR) is 92.3 cm³/mol. The lowest BCUT2D eigenvalue weighted by Gasteiger charge is -2.26. The first-order valence-corrected chi connectivity index (χ1v) is 8.44. The minimum absolute atomic E-state index is 0.169. The average molecular weight is 327 g/mol. The van der Waals surface area contributed by atoms with Gasteiger partial charge in [0.05, 0.1) is 5.56 Å². The number of amides is 1. The molecule has 3 rings (SSSR count). The Morgan fingerprint density at radius 1 is 1.17 bits per heavy atom. The summed E-state index contributed by atoms with van der Waals surface area (Å²) < 4.78 is 13.9. The van der Waals surface area contributed by atoms with Gasteiger partial charge in [0.2, 0.25) is 0 Å². The minimum atomic E-state index is -0.318. The first-order chi connectivity index (χ1) is 11.7. The molecule has 1 fully saturated rings. The van der Waals surface area contributed by atoms with Crippen LogP contribution in [-0.4, -0.2) is 42.0 Å². The fourth-order valence-electron chi connectivity index (χ4n) is 3.02. The molecule has 4 nitrogen and oxygen atoms in total. The molecule has 2 heterocycles. The molecular formula is C19H22FN3O. The Morgan fingerprint density at radius 3 is 2.75 bits per heavy atom. The van der Waals surface area contributed by atoms with Gasteiger partial charge in [0.15, 0.2) is 0 Å². The highest BCUT2D eigenvalue weighted by Gasteiger charge is 2.12. The first kappa shape index (κ1) is 16.6. The summed E-state index contributed by atoms with van der Waals surface area (Å²) in [7, 11) is 0. The number of nitrogens with zero attached hydrogens (tertiary/aromatic N) is 2. The number of hydrogen-bond acceptors (Lipinski definition) is 3. The van der Waals surface area contributed by atoms with E-state index in [0.29, 0.717) is 23.2 Å². The minimum Gasteiger partial charge on any atom is -0.351 e. The van der Waals surface area contributed by atoms with E-state index in [0.717, 1.165) is 19.6 Å². The van der Waals surface area contributed by atoms with E-state index in [9.17, 15) is 9.18 Å². The van der Waals surface area contributed by atoms with Gasteiger partial charge in [-0.05, 0) is 38.1 Å². The van der Waals surface area contributed by atoms with Crippen molar-refractivity contribution in [1.82, 2.24) is 15.2 Å². The van der Waals surface area contributed by atoms with Crippen molar-refractivity contribution in [3.63, 3.8) is 0 Å². The molecule has 24 heavy (non-hydrogen) atoms. The lowest BCUT2D eigenvalue weighted by molar-refractivity contribution is 0.0946. The van der Waals surface area contributed by atoms with Gasteiger partial charge >= 0.3 is 0 Å². The number of likely N-dealkylation sites (tertiary alicyclic amines) is 1. The summed E-state index contributed by atoms with van der Waals surface area (Å²) in [4.78, 5) is 18.7. The largest absolute Gasteiger partial charge is 0.351 e. The number of nitrogens with one attached hydrogen (secondary N) is 1. The zero-order valence-corrected chi connectivity index (χ0v) is 13.7. The maximum absolute atomic E-state index is 13.9. The number of pyridine rings is 1. The quantitative estimate of drug-likeness (QED) is 0.918. The van der Waals surface area contributed by atoms with Gasteiger partial charge in [0.25, 0.3) is 5.91 Å². The van der Waals surface area contributed by atoms with E-state index in [4.69, 9.17) is 0 Å². The number of carbonyl (C=O) groups is 1. The Balaban J connectivity index is 1.61. The lowest BCUT2D eigenvalue weighted by atomic mass is 10.1. The van der Waals surface area contributed by atoms with Crippen LogP contribution in [-0.2, 0) is 0 Å². The molecule has 0 unspecified atom stereocenters. The third-order valence-electron chi connectivity index (χ3n) is 4.35. The number of rotatable bonds is 5. The lowest BCUT2D eigenvalue weighted by Crippen LogP contribution is -2.37. The molecule has 0 atom stereocenters. The van der Waals surface area contributed by atoms with Crippen LogP contribution in [0.5, 0.6) is 0 Å². The van der Waals surface area contributed by atoms with Crippen LogP contribution < -0.4 is 5.32 Å². The van der Waals surface area contributed by atoms with E-state index in [1.165, 1.54) is 31.5 Å². The third kappa shape index (κ3) is 4.17. The molecule has 1 aliphatic rings. The van der Waals surface area contributed by atoms with Gasteiger partial charge < -0.3 is 10.2 Å². The van der Waals surface area contributed by atoms with Crippen LogP contribution in [0, 0.1) is 5.82 Å². The summed E-state index contributed by atoms with van der Waals surface area (Å²) in [6.07, 6.45) is 6.87. The molecule has 0 bridgehead atoms. The van der Waals surface area contributed by atoms with E-state index in [1.54, 1.807) is 30.5 Å². The highest BCUT2D eigenvalue weighted by atomic mass is 19.1. The fourth-order valence-corrected chi connectivity index (χ4v) is 3.02. The number of aromatic nitrogens is 1. The molecule has 1 aliphatic heterocycles. The van der Waals surface area contributed by atoms with Gasteiger partial charge in [0, 0.05) is 36.6 Å². The summed E-state index contributed by atoms with van der Waals surface area (Å²) in [5.74, 6) is -0.486. The Morgan fingerprint density at radius 2 is 1.96 bits per heavy atom. The first-order valence-electron chi connectivity index (χ1n) is 8.44. The van der Waals surface area contributed by atoms with Crippen LogP contribution in [0.3, 0.4) is 0 Å². The molecule has 0 spiro atoms. The van der Waals surface area contributed by atoms with Crippen molar-refractivity contribution in [3.05, 3.63) is 54.1 Å². The molecule has 0 radical (unpaired) electrons. The highest BCUT2D eigenvalue weighted by molar-refractivity contribution is 5.95. The zero-order valence-electron chi connectivity index (χ0n) is 13.7. The van der Waals surface area contributed by atoms with E-state index >= 15 is 0 Å². The maximum atomic E-state index is 13.9. The topological polar surface area (TPSA) is 45.2 Å². The molecule has 1 aromatic carbocycles. The highest BCUT2D eigenvalue weighted by Crippen LogP contribution is 2.22. The number of piperidine rings is 1. The van der Waals surface area contributed by atoms with Gasteiger partial charge in [-0.25, -0.2) is 4.39 Å². The number of hydrogen-bond donors (Lipinski definition) is 1. The smallest absolute Gasteiger partial charge is 0.252 e. The second-order valence-electron chi connectivity index (χ2n) is 6.10. The Hall–Kier alpha value is -2.27. The van der Waals surface area contributed by atoms with Crippen LogP contribution in [0.15, 0.2) is 42.7 Å². The summed E-state index contributed by atoms with van der Waals surface area (Å²) in [6, 6.07) is 8.18. The Labute approximate surface area is 141 Å². The van der Waals surface area contributed by atoms with E-state index in [1.807, 2.05) is 0 Å². The Bertz CT molecular complexity index is 699. The van der Waals surface area contributed by atoms with Crippen LogP contribution in [0.25, 0.3) is 11.1 Å². The predicted octanol–water partition coefficient (Wildman–Crippen LogP) is 3.10. The normalized spacial score (nSPS) is 15.2. The second kappa shape index (κ2) is 8.02. The average Bonchev–Trinajstić information content (AvgIpc) is 2.63. The standard InChI is InChI=1S/C19H22FN3O/c20-18-7-3-2-6-17(18)15-12-16(14-21-13-15)19(24)22-8-11-23-9-4-1-5-10-23/h2-3,6-7,12-14H,1,4-5,8-11H2,(H,22,24). The molecule has 1 N–H and O–H groups in total. The number of carbonyl (C=O) groups excluding carboxylic acids is 1. The van der Waals surface area contributed by atoms with Crippen LogP contribution in [0.1, 0.15) is 29.6 Å². The molecule has 0 saturated carbocycles. The molecule has 0 aliphatic carbocycles. The van der Waals surface area contributed by atoms with Crippen molar-refractivity contribution >= 4 is 5.91 Å². The van der Waals surface area contributed by atoms with Gasteiger partial charge in [-0.1, -0.05) is 24.6 Å². The summed E-state index contributed by atoms with van der Waals surface area (Å²) in [6.45, 7) is 3.70. The molecular weight excluding hydrogens is 305 g/mol. The molecule has 2 aromatic rings. The summed E-state index contributed by atoms with van der Waals surface area (Å²) >= 11 is 0. The van der Waals surface area contributed by atoms with Crippen molar-refractivity contribution in [2.24, 2.45) is 0 Å². The molecule has 5 heteroatoms. The van der Waals surface area contributed by atoms with Gasteiger partial charge in [0.1, 0.15) is 5.82 Å². The van der Waals surface area contributed by atoms with Crippen LogP contribution in [0.4, 0.5) is 4.39 Å². The second-order valence-corrected chi connectivity index (χ2v) is 6.10. The van der Waals surface area contributed by atoms with Crippen molar-refractivity contribution in [2.75, 3.05) is 26.2 Å². The van der Waals surface area contributed by atoms with Crippen molar-refractivity contribution in [1.29, 1.82) is 0 Å². The zero-order chi connectivity index (χ0) is 16.8. The molecule has 126 valence electrons. The number of benzene rings is 1. The molecule has 1 aromatic heterocycles. The fraction of sp³-hybridized carbons (Fsp3) is 0.368. The van der Waals surface area contributed by atoms with Crippen molar-refractivity contribution in [3.8, 4) is 11.1 Å². The van der Waals surface area contributed by atoms with Gasteiger partial charge in [-0.3, -0.25) is 9.78 Å². The summed E-state index contributed by atoms with van der Waals surface area (Å²) in [5, 5.41) is 2.93. The van der Waals surface area contributed by atoms with Crippen LogP contribution in [0.2, 0.25) is 0 Å². The van der Waals surface area contributed by atoms with Crippen LogP contribution >= 0.6 is 0 Å². The maximum Gasteiger partial charge on any atom is 0.252 e. The molecule has 1 amide bonds. The number of halogens is 1. The molecule has 1 saturated heterocycles. The van der Waals surface area contributed by atoms with Crippen molar-refractivity contribution in [2.45, 2.75) is 19.3 Å². The van der Waals surface area contributed by atoms with E-state index < -0.39 is 0 Å². The van der Waals surface area contributed by atoms with Gasteiger partial charge in [-0.15, -0.1) is 0 Å². The van der Waals surface area contributed by atoms with E-state index in [-0.39, 0.29) is 11.7 Å².